The second-order valence-corrected chi connectivity index (χ2v) is 5.56. The summed E-state index contributed by atoms with van der Waals surface area (Å²) in [6, 6.07) is 7.53. The molecule has 0 spiro atoms. The maximum atomic E-state index is 13.2. The lowest BCUT2D eigenvalue weighted by Gasteiger charge is -2.20. The molecular formula is C14H18ClF2N. The minimum Gasteiger partial charge on any atom is -0.330 e. The van der Waals surface area contributed by atoms with E-state index < -0.39 is 5.92 Å². The van der Waals surface area contributed by atoms with E-state index in [1.54, 1.807) is 0 Å². The van der Waals surface area contributed by atoms with Gasteiger partial charge in [0.05, 0.1) is 0 Å². The Hall–Kier alpha value is -0.670. The number of hydrogen-bond acceptors (Lipinski definition) is 1. The van der Waals surface area contributed by atoms with E-state index in [4.69, 9.17) is 17.3 Å². The van der Waals surface area contributed by atoms with Crippen LogP contribution in [0.1, 0.15) is 37.2 Å². The molecule has 100 valence electrons. The number of benzene rings is 1. The molecule has 0 heterocycles. The van der Waals surface area contributed by atoms with Gasteiger partial charge in [-0.05, 0) is 42.9 Å². The van der Waals surface area contributed by atoms with Crippen LogP contribution in [-0.2, 0) is 0 Å². The minimum atomic E-state index is -2.48. The van der Waals surface area contributed by atoms with Gasteiger partial charge in [-0.15, -0.1) is 0 Å². The second-order valence-electron chi connectivity index (χ2n) is 5.15. The van der Waals surface area contributed by atoms with Crippen LogP contribution in [0.15, 0.2) is 24.3 Å². The van der Waals surface area contributed by atoms with Gasteiger partial charge in [0.25, 0.3) is 0 Å². The topological polar surface area (TPSA) is 26.0 Å². The van der Waals surface area contributed by atoms with Crippen LogP contribution in [0.4, 0.5) is 8.78 Å². The molecular weight excluding hydrogens is 256 g/mol. The van der Waals surface area contributed by atoms with Gasteiger partial charge in [0.15, 0.2) is 0 Å². The fourth-order valence-electron chi connectivity index (χ4n) is 2.80. The lowest BCUT2D eigenvalue weighted by molar-refractivity contribution is 0.00446. The molecule has 4 heteroatoms. The van der Waals surface area contributed by atoms with Crippen molar-refractivity contribution in [2.75, 3.05) is 6.54 Å². The van der Waals surface area contributed by atoms with Gasteiger partial charge in [-0.1, -0.05) is 29.8 Å². The van der Waals surface area contributed by atoms with Gasteiger partial charge >= 0.3 is 0 Å². The average Bonchev–Trinajstić information content (AvgIpc) is 2.67. The van der Waals surface area contributed by atoms with Crippen molar-refractivity contribution in [1.82, 2.24) is 0 Å². The number of rotatable bonds is 4. The van der Waals surface area contributed by atoms with Crippen molar-refractivity contribution >= 4 is 11.6 Å². The molecule has 18 heavy (non-hydrogen) atoms. The van der Waals surface area contributed by atoms with Crippen LogP contribution in [0.25, 0.3) is 0 Å². The number of nitrogens with two attached hydrogens (primary N) is 1. The summed E-state index contributed by atoms with van der Waals surface area (Å²) in [5, 5.41) is 0.678. The Balaban J connectivity index is 2.05. The van der Waals surface area contributed by atoms with E-state index in [0.29, 0.717) is 24.4 Å². The number of hydrogen-bond donors (Lipinski definition) is 1. The van der Waals surface area contributed by atoms with Gasteiger partial charge in [0.2, 0.25) is 5.92 Å². The summed E-state index contributed by atoms with van der Waals surface area (Å²) in [7, 11) is 0. The molecule has 0 aromatic heterocycles. The van der Waals surface area contributed by atoms with Crippen molar-refractivity contribution in [3.63, 3.8) is 0 Å². The van der Waals surface area contributed by atoms with E-state index in [9.17, 15) is 8.78 Å². The molecule has 0 aliphatic heterocycles. The van der Waals surface area contributed by atoms with Crippen LogP contribution in [0.3, 0.4) is 0 Å². The fourth-order valence-corrected chi connectivity index (χ4v) is 3.09. The normalized spacial score (nSPS) is 24.1. The highest BCUT2D eigenvalue weighted by Gasteiger charge is 2.40. The summed E-state index contributed by atoms with van der Waals surface area (Å²) in [6.07, 6.45) is 1.30. The summed E-state index contributed by atoms with van der Waals surface area (Å²) in [5.41, 5.74) is 6.76. The molecule has 2 atom stereocenters. The zero-order valence-corrected chi connectivity index (χ0v) is 11.0. The Labute approximate surface area is 111 Å². The highest BCUT2D eigenvalue weighted by molar-refractivity contribution is 6.31. The molecule has 1 aliphatic rings. The number of halogens is 3. The Bertz CT molecular complexity index is 409. The second kappa shape index (κ2) is 5.54. The first-order chi connectivity index (χ1) is 8.52. The van der Waals surface area contributed by atoms with E-state index in [1.807, 2.05) is 24.3 Å². The molecule has 1 fully saturated rings. The first-order valence-corrected chi connectivity index (χ1v) is 6.72. The Morgan fingerprint density at radius 2 is 2.11 bits per heavy atom. The van der Waals surface area contributed by atoms with Crippen LogP contribution in [0.5, 0.6) is 0 Å². The average molecular weight is 274 g/mol. The van der Waals surface area contributed by atoms with Crippen molar-refractivity contribution < 1.29 is 8.78 Å². The fraction of sp³-hybridized carbons (Fsp3) is 0.571. The smallest absolute Gasteiger partial charge is 0.248 e. The summed E-state index contributed by atoms with van der Waals surface area (Å²) in [5.74, 6) is -2.34. The van der Waals surface area contributed by atoms with E-state index in [0.717, 1.165) is 5.56 Å². The van der Waals surface area contributed by atoms with E-state index >= 15 is 0 Å². The van der Waals surface area contributed by atoms with Crippen molar-refractivity contribution in [3.8, 4) is 0 Å². The summed E-state index contributed by atoms with van der Waals surface area (Å²) in [4.78, 5) is 0. The largest absolute Gasteiger partial charge is 0.330 e. The third-order valence-electron chi connectivity index (χ3n) is 3.75. The van der Waals surface area contributed by atoms with Gasteiger partial charge in [0.1, 0.15) is 0 Å². The van der Waals surface area contributed by atoms with Crippen molar-refractivity contribution in [1.29, 1.82) is 0 Å². The highest BCUT2D eigenvalue weighted by atomic mass is 35.5. The molecule has 1 aromatic carbocycles. The molecule has 1 aromatic rings. The van der Waals surface area contributed by atoms with Crippen molar-refractivity contribution in [2.24, 2.45) is 11.7 Å². The Morgan fingerprint density at radius 1 is 1.39 bits per heavy atom. The summed E-state index contributed by atoms with van der Waals surface area (Å²) < 4.78 is 26.3. The quantitative estimate of drug-likeness (QED) is 0.874. The molecule has 0 saturated heterocycles. The maximum absolute atomic E-state index is 13.2. The van der Waals surface area contributed by atoms with Gasteiger partial charge < -0.3 is 5.73 Å². The zero-order valence-electron chi connectivity index (χ0n) is 10.2. The van der Waals surface area contributed by atoms with Crippen LogP contribution >= 0.6 is 11.6 Å². The molecule has 2 unspecified atom stereocenters. The third-order valence-corrected chi connectivity index (χ3v) is 4.10. The first kappa shape index (κ1) is 13.8. The predicted molar refractivity (Wildman–Crippen MR) is 70.2 cm³/mol. The Morgan fingerprint density at radius 3 is 2.67 bits per heavy atom. The van der Waals surface area contributed by atoms with Crippen LogP contribution < -0.4 is 5.73 Å². The minimum absolute atomic E-state index is 0.00600. The monoisotopic (exact) mass is 273 g/mol. The maximum Gasteiger partial charge on any atom is 0.248 e. The van der Waals surface area contributed by atoms with Gasteiger partial charge in [0, 0.05) is 17.9 Å². The number of alkyl halides is 2. The molecule has 1 aliphatic carbocycles. The molecule has 0 amide bonds. The lowest BCUT2D eigenvalue weighted by atomic mass is 9.88. The molecule has 0 bridgehead atoms. The summed E-state index contributed by atoms with van der Waals surface area (Å²) in [6.45, 7) is 0.450. The van der Waals surface area contributed by atoms with E-state index in [2.05, 4.69) is 0 Å². The molecule has 0 radical (unpaired) electrons. The van der Waals surface area contributed by atoms with Crippen molar-refractivity contribution in [3.05, 3.63) is 34.9 Å². The molecule has 1 saturated carbocycles. The molecule has 1 nitrogen and oxygen atoms in total. The van der Waals surface area contributed by atoms with Crippen LogP contribution in [-0.4, -0.2) is 12.5 Å². The standard InChI is InChI=1S/C14H18ClF2N/c15-13-4-2-1-3-12(13)11(9-18)7-10-5-6-14(16,17)8-10/h1-4,10-11H,5-9,18H2. The van der Waals surface area contributed by atoms with Gasteiger partial charge in [-0.25, -0.2) is 8.78 Å². The van der Waals surface area contributed by atoms with E-state index in [-0.39, 0.29) is 24.7 Å². The molecule has 2 N–H and O–H groups in total. The SMILES string of the molecule is NCC(CC1CCC(F)(F)C1)c1ccccc1Cl. The van der Waals surface area contributed by atoms with Crippen molar-refractivity contribution in [2.45, 2.75) is 37.5 Å². The highest BCUT2D eigenvalue weighted by Crippen LogP contribution is 2.43. The lowest BCUT2D eigenvalue weighted by Crippen LogP contribution is -2.17. The third kappa shape index (κ3) is 3.21. The summed E-state index contributed by atoms with van der Waals surface area (Å²) >= 11 is 6.14. The molecule has 2 rings (SSSR count). The predicted octanol–water partition coefficient (Wildman–Crippen LogP) is 4.21. The Kier molecular flexibility index (Phi) is 4.23. The van der Waals surface area contributed by atoms with Crippen LogP contribution in [0, 0.1) is 5.92 Å². The van der Waals surface area contributed by atoms with Gasteiger partial charge in [-0.3, -0.25) is 0 Å². The first-order valence-electron chi connectivity index (χ1n) is 6.34. The van der Waals surface area contributed by atoms with Crippen LogP contribution in [0.2, 0.25) is 5.02 Å². The van der Waals surface area contributed by atoms with Gasteiger partial charge in [-0.2, -0.15) is 0 Å². The zero-order chi connectivity index (χ0) is 13.2. The van der Waals surface area contributed by atoms with E-state index in [1.165, 1.54) is 0 Å².